The van der Waals surface area contributed by atoms with Crippen molar-refractivity contribution in [1.82, 2.24) is 9.97 Å². The lowest BCUT2D eigenvalue weighted by atomic mass is 10.0. The van der Waals surface area contributed by atoms with Crippen molar-refractivity contribution in [2.24, 2.45) is 0 Å². The first-order valence-corrected chi connectivity index (χ1v) is 14.2. The molecule has 0 aliphatic rings. The standard InChI is InChI=1S/C38H23N3O2/c1-2-7-24(8-3-1)25-12-13-27-20-28(15-14-26(27)19-25)41(29-16-17-31-35(21-29)43-34-11-6-18-39-38(31)34)37-22-36-32(23-40-37)30-9-4-5-10-33(30)42-36/h1-23H. The molecule has 0 bridgehead atoms. The summed E-state index contributed by atoms with van der Waals surface area (Å²) in [6, 6.07) is 43.7. The van der Waals surface area contributed by atoms with E-state index in [1.165, 1.54) is 16.5 Å². The van der Waals surface area contributed by atoms with Gasteiger partial charge in [0.2, 0.25) is 0 Å². The van der Waals surface area contributed by atoms with Gasteiger partial charge in [0, 0.05) is 46.4 Å². The Hall–Kier alpha value is -5.94. The lowest BCUT2D eigenvalue weighted by molar-refractivity contribution is 0.668. The Morgan fingerprint density at radius 1 is 0.465 bits per heavy atom. The molecule has 0 N–H and O–H groups in total. The van der Waals surface area contributed by atoms with E-state index < -0.39 is 0 Å². The van der Waals surface area contributed by atoms with Crippen molar-refractivity contribution < 1.29 is 8.83 Å². The molecule has 5 aromatic carbocycles. The highest BCUT2D eigenvalue weighted by Gasteiger charge is 2.19. The first-order valence-electron chi connectivity index (χ1n) is 14.2. The van der Waals surface area contributed by atoms with Crippen LogP contribution in [0, 0.1) is 0 Å². The summed E-state index contributed by atoms with van der Waals surface area (Å²) in [4.78, 5) is 11.7. The Morgan fingerprint density at radius 2 is 1.21 bits per heavy atom. The molecule has 0 saturated carbocycles. The van der Waals surface area contributed by atoms with Crippen molar-refractivity contribution in [1.29, 1.82) is 0 Å². The first-order chi connectivity index (χ1) is 21.3. The molecule has 0 aliphatic carbocycles. The number of para-hydroxylation sites is 1. The zero-order valence-electron chi connectivity index (χ0n) is 22.9. The van der Waals surface area contributed by atoms with Gasteiger partial charge in [0.25, 0.3) is 0 Å². The zero-order chi connectivity index (χ0) is 28.3. The smallest absolute Gasteiger partial charge is 0.153 e. The Kier molecular flexibility index (Phi) is 5.13. The molecule has 4 heterocycles. The maximum atomic E-state index is 6.26. The molecular weight excluding hydrogens is 530 g/mol. The number of anilines is 3. The number of hydrogen-bond donors (Lipinski definition) is 0. The van der Waals surface area contributed by atoms with E-state index in [1.54, 1.807) is 6.20 Å². The average molecular weight is 554 g/mol. The Balaban J connectivity index is 1.23. The Bertz CT molecular complexity index is 2360. The zero-order valence-corrected chi connectivity index (χ0v) is 22.9. The van der Waals surface area contributed by atoms with Crippen LogP contribution >= 0.6 is 0 Å². The number of rotatable bonds is 4. The van der Waals surface area contributed by atoms with Crippen LogP contribution in [-0.2, 0) is 0 Å². The minimum atomic E-state index is 0.750. The van der Waals surface area contributed by atoms with Gasteiger partial charge in [-0.3, -0.25) is 9.88 Å². The SMILES string of the molecule is c1ccc(-c2ccc3cc(N(c4ccc5c(c4)oc4cccnc45)c4cc5oc6ccccc6c5cn4)ccc3c2)cc1. The van der Waals surface area contributed by atoms with E-state index in [-0.39, 0.29) is 0 Å². The third-order valence-corrected chi connectivity index (χ3v) is 8.14. The highest BCUT2D eigenvalue weighted by Crippen LogP contribution is 2.40. The topological polar surface area (TPSA) is 55.3 Å². The molecule has 4 aromatic heterocycles. The summed E-state index contributed by atoms with van der Waals surface area (Å²) in [6.07, 6.45) is 3.70. The van der Waals surface area contributed by atoms with Crippen LogP contribution in [0.1, 0.15) is 0 Å². The van der Waals surface area contributed by atoms with E-state index in [4.69, 9.17) is 13.8 Å². The highest BCUT2D eigenvalue weighted by atomic mass is 16.3. The van der Waals surface area contributed by atoms with Crippen LogP contribution in [0.15, 0.2) is 149 Å². The lowest BCUT2D eigenvalue weighted by Gasteiger charge is -2.24. The largest absolute Gasteiger partial charge is 0.456 e. The molecular formula is C38H23N3O2. The molecule has 5 nitrogen and oxygen atoms in total. The molecule has 9 aromatic rings. The third kappa shape index (κ3) is 3.86. The number of hydrogen-bond acceptors (Lipinski definition) is 5. The predicted molar refractivity (Wildman–Crippen MR) is 174 cm³/mol. The van der Waals surface area contributed by atoms with Crippen LogP contribution in [0.25, 0.3) is 65.9 Å². The predicted octanol–water partition coefficient (Wildman–Crippen LogP) is 10.6. The number of pyridine rings is 2. The van der Waals surface area contributed by atoms with Gasteiger partial charge < -0.3 is 8.83 Å². The lowest BCUT2D eigenvalue weighted by Crippen LogP contribution is -2.11. The summed E-state index contributed by atoms with van der Waals surface area (Å²) >= 11 is 0. The molecule has 0 aliphatic heterocycles. The van der Waals surface area contributed by atoms with Crippen molar-refractivity contribution in [2.75, 3.05) is 4.90 Å². The van der Waals surface area contributed by atoms with E-state index in [1.807, 2.05) is 48.7 Å². The average Bonchev–Trinajstić information content (AvgIpc) is 3.62. The minimum Gasteiger partial charge on any atom is -0.456 e. The molecule has 43 heavy (non-hydrogen) atoms. The van der Waals surface area contributed by atoms with Crippen molar-refractivity contribution in [3.8, 4) is 11.1 Å². The minimum absolute atomic E-state index is 0.750. The molecule has 0 saturated heterocycles. The molecule has 0 spiro atoms. The fraction of sp³-hybridized carbons (Fsp3) is 0. The molecule has 202 valence electrons. The quantitative estimate of drug-likeness (QED) is 0.217. The number of fused-ring (bicyclic) bond motifs is 7. The van der Waals surface area contributed by atoms with E-state index in [0.29, 0.717) is 0 Å². The summed E-state index contributed by atoms with van der Waals surface area (Å²) in [5.41, 5.74) is 8.34. The molecule has 0 fully saturated rings. The third-order valence-electron chi connectivity index (χ3n) is 8.14. The summed E-state index contributed by atoms with van der Waals surface area (Å²) < 4.78 is 12.5. The number of nitrogens with zero attached hydrogens (tertiary/aromatic N) is 3. The summed E-state index contributed by atoms with van der Waals surface area (Å²) in [5.74, 6) is 0.750. The van der Waals surface area contributed by atoms with Crippen molar-refractivity contribution in [2.45, 2.75) is 0 Å². The van der Waals surface area contributed by atoms with Gasteiger partial charge in [-0.05, 0) is 70.4 Å². The second-order valence-electron chi connectivity index (χ2n) is 10.7. The van der Waals surface area contributed by atoms with E-state index in [9.17, 15) is 0 Å². The Labute approximate surface area is 246 Å². The number of aromatic nitrogens is 2. The molecule has 5 heteroatoms. The fourth-order valence-electron chi connectivity index (χ4n) is 6.05. The van der Waals surface area contributed by atoms with Crippen LogP contribution in [0.3, 0.4) is 0 Å². The van der Waals surface area contributed by atoms with Gasteiger partial charge in [-0.1, -0.05) is 66.7 Å². The normalized spacial score (nSPS) is 11.7. The van der Waals surface area contributed by atoms with Crippen molar-refractivity contribution in [3.63, 3.8) is 0 Å². The van der Waals surface area contributed by atoms with Gasteiger partial charge >= 0.3 is 0 Å². The summed E-state index contributed by atoms with van der Waals surface area (Å²) in [7, 11) is 0. The van der Waals surface area contributed by atoms with Gasteiger partial charge in [-0.25, -0.2) is 4.98 Å². The Morgan fingerprint density at radius 3 is 2.16 bits per heavy atom. The molecule has 9 rings (SSSR count). The summed E-state index contributed by atoms with van der Waals surface area (Å²) in [6.45, 7) is 0. The van der Waals surface area contributed by atoms with Crippen LogP contribution in [0.5, 0.6) is 0 Å². The second kappa shape index (κ2) is 9.29. The van der Waals surface area contributed by atoms with Gasteiger partial charge in [0.1, 0.15) is 28.1 Å². The van der Waals surface area contributed by atoms with Gasteiger partial charge in [0.15, 0.2) is 5.58 Å². The summed E-state index contributed by atoms with van der Waals surface area (Å²) in [5, 5.41) is 5.34. The number of benzene rings is 5. The maximum absolute atomic E-state index is 6.26. The van der Waals surface area contributed by atoms with Crippen LogP contribution in [0.2, 0.25) is 0 Å². The molecule has 0 atom stereocenters. The van der Waals surface area contributed by atoms with Crippen LogP contribution in [-0.4, -0.2) is 9.97 Å². The van der Waals surface area contributed by atoms with E-state index in [0.717, 1.165) is 66.6 Å². The van der Waals surface area contributed by atoms with Crippen LogP contribution < -0.4 is 4.90 Å². The number of furan rings is 2. The van der Waals surface area contributed by atoms with Gasteiger partial charge in [0.05, 0.1) is 5.69 Å². The highest BCUT2D eigenvalue weighted by molar-refractivity contribution is 6.06. The molecule has 0 unspecified atom stereocenters. The fourth-order valence-corrected chi connectivity index (χ4v) is 6.05. The van der Waals surface area contributed by atoms with Gasteiger partial charge in [-0.15, -0.1) is 0 Å². The van der Waals surface area contributed by atoms with Gasteiger partial charge in [-0.2, -0.15) is 0 Å². The first kappa shape index (κ1) is 23.7. The van der Waals surface area contributed by atoms with Crippen molar-refractivity contribution in [3.05, 3.63) is 140 Å². The van der Waals surface area contributed by atoms with E-state index >= 15 is 0 Å². The van der Waals surface area contributed by atoms with Crippen molar-refractivity contribution >= 4 is 72.0 Å². The molecule has 0 amide bonds. The molecule has 0 radical (unpaired) electrons. The second-order valence-corrected chi connectivity index (χ2v) is 10.7. The van der Waals surface area contributed by atoms with Crippen LogP contribution in [0.4, 0.5) is 17.2 Å². The monoisotopic (exact) mass is 553 g/mol. The van der Waals surface area contributed by atoms with E-state index in [2.05, 4.69) is 94.8 Å². The maximum Gasteiger partial charge on any atom is 0.153 e.